The number of amides is 1. The van der Waals surface area contributed by atoms with Gasteiger partial charge < -0.3 is 25.0 Å². The average molecular weight is 542 g/mol. The van der Waals surface area contributed by atoms with E-state index in [9.17, 15) is 23.1 Å². The van der Waals surface area contributed by atoms with Gasteiger partial charge in [0, 0.05) is 44.3 Å². The van der Waals surface area contributed by atoms with Crippen molar-refractivity contribution in [3.8, 4) is 5.75 Å². The summed E-state index contributed by atoms with van der Waals surface area (Å²) in [5.41, 5.74) is 2.00. The van der Waals surface area contributed by atoms with E-state index in [0.717, 1.165) is 11.4 Å². The van der Waals surface area contributed by atoms with E-state index in [0.29, 0.717) is 43.9 Å². The molecule has 1 aliphatic heterocycles. The number of carbonyl (C=O) groups is 1. The number of halogens is 4. The van der Waals surface area contributed by atoms with E-state index < -0.39 is 24.1 Å². The van der Waals surface area contributed by atoms with E-state index in [-0.39, 0.29) is 29.4 Å². The van der Waals surface area contributed by atoms with Gasteiger partial charge in [-0.3, -0.25) is 4.79 Å². The Labute approximate surface area is 218 Å². The van der Waals surface area contributed by atoms with Gasteiger partial charge in [-0.05, 0) is 30.0 Å². The highest BCUT2D eigenvalue weighted by Gasteiger charge is 2.36. The number of hydrogen-bond donors (Lipinski definition) is 2. The predicted molar refractivity (Wildman–Crippen MR) is 133 cm³/mol. The fourth-order valence-corrected chi connectivity index (χ4v) is 5.11. The van der Waals surface area contributed by atoms with Crippen molar-refractivity contribution >= 4 is 23.3 Å². The van der Waals surface area contributed by atoms with Crippen molar-refractivity contribution in [1.82, 2.24) is 20.2 Å². The number of aromatic nitrogens is 2. The molecule has 1 aliphatic carbocycles. The molecule has 1 fully saturated rings. The molecular weight excluding hydrogens is 511 g/mol. The van der Waals surface area contributed by atoms with Gasteiger partial charge in [0.25, 0.3) is 0 Å². The van der Waals surface area contributed by atoms with E-state index >= 15 is 0 Å². The zero-order chi connectivity index (χ0) is 26.9. The van der Waals surface area contributed by atoms with Gasteiger partial charge in [-0.2, -0.15) is 0 Å². The number of piperazine rings is 1. The first-order chi connectivity index (χ1) is 17.4. The molecule has 37 heavy (non-hydrogen) atoms. The van der Waals surface area contributed by atoms with Crippen molar-refractivity contribution in [2.45, 2.75) is 57.5 Å². The molecule has 2 heterocycles. The summed E-state index contributed by atoms with van der Waals surface area (Å²) in [6.45, 7) is 8.06. The maximum atomic E-state index is 13.6. The topological polar surface area (TPSA) is 90.8 Å². The lowest BCUT2D eigenvalue weighted by Gasteiger charge is -2.38. The zero-order valence-electron chi connectivity index (χ0n) is 20.9. The monoisotopic (exact) mass is 541 g/mol. The minimum atomic E-state index is -4.90. The Balaban J connectivity index is 1.51. The third-order valence-electron chi connectivity index (χ3n) is 6.78. The van der Waals surface area contributed by atoms with Crippen LogP contribution in [0.15, 0.2) is 24.5 Å². The summed E-state index contributed by atoms with van der Waals surface area (Å²) in [7, 11) is 0. The van der Waals surface area contributed by atoms with Gasteiger partial charge >= 0.3 is 6.36 Å². The average Bonchev–Trinajstić information content (AvgIpc) is 3.13. The number of carbonyl (C=O) groups excluding carboxylic acids is 1. The minimum absolute atomic E-state index is 0.0718. The highest BCUT2D eigenvalue weighted by molar-refractivity contribution is 6.32. The number of rotatable bonds is 7. The van der Waals surface area contributed by atoms with E-state index in [1.54, 1.807) is 11.0 Å². The zero-order valence-corrected chi connectivity index (χ0v) is 21.7. The molecule has 2 aromatic rings. The fraction of sp³-hybridized carbons (Fsp3) is 0.560. The van der Waals surface area contributed by atoms with Crippen molar-refractivity contribution in [2.75, 3.05) is 37.6 Å². The van der Waals surface area contributed by atoms with Crippen LogP contribution >= 0.6 is 11.6 Å². The molecule has 0 bridgehead atoms. The van der Waals surface area contributed by atoms with Crippen molar-refractivity contribution in [1.29, 1.82) is 0 Å². The number of fused-ring (bicyclic) bond motifs is 1. The summed E-state index contributed by atoms with van der Waals surface area (Å²) >= 11 is 5.93. The van der Waals surface area contributed by atoms with Crippen LogP contribution in [0.3, 0.4) is 0 Å². The SMILES string of the molecule is CC(C)NC[C@@H](C(=O)N1CCN(c2ncnc3c2C(C)C[C@H]3O)CC1)c1ccc(Cl)c(OC(F)(F)F)c1. The normalized spacial score (nSPS) is 20.8. The molecule has 0 radical (unpaired) electrons. The molecule has 202 valence electrons. The Morgan fingerprint density at radius 2 is 1.95 bits per heavy atom. The van der Waals surface area contributed by atoms with E-state index in [1.165, 1.54) is 18.5 Å². The first-order valence-corrected chi connectivity index (χ1v) is 12.7. The van der Waals surface area contributed by atoms with Crippen LogP contribution < -0.4 is 15.0 Å². The number of aliphatic hydroxyl groups excluding tert-OH is 1. The highest BCUT2D eigenvalue weighted by Crippen LogP contribution is 2.43. The maximum Gasteiger partial charge on any atom is 0.573 e. The molecule has 3 atom stereocenters. The van der Waals surface area contributed by atoms with Crippen LogP contribution in [0.2, 0.25) is 5.02 Å². The Morgan fingerprint density at radius 3 is 2.59 bits per heavy atom. The molecule has 1 aromatic heterocycles. The van der Waals surface area contributed by atoms with Gasteiger partial charge in [0.05, 0.1) is 22.7 Å². The van der Waals surface area contributed by atoms with Gasteiger partial charge in [-0.15, -0.1) is 13.2 Å². The Morgan fingerprint density at radius 1 is 1.24 bits per heavy atom. The molecule has 2 N–H and O–H groups in total. The Hall–Kier alpha value is -2.63. The molecule has 2 aliphatic rings. The van der Waals surface area contributed by atoms with Crippen LogP contribution in [0, 0.1) is 0 Å². The van der Waals surface area contributed by atoms with Crippen LogP contribution in [0.1, 0.15) is 62.0 Å². The Bertz CT molecular complexity index is 1130. The first kappa shape index (κ1) is 27.4. The number of benzene rings is 1. The number of alkyl halides is 3. The molecule has 1 unspecified atom stereocenters. The summed E-state index contributed by atoms with van der Waals surface area (Å²) in [5.74, 6) is -0.533. The summed E-state index contributed by atoms with van der Waals surface area (Å²) < 4.78 is 42.7. The first-order valence-electron chi connectivity index (χ1n) is 12.3. The number of nitrogens with zero attached hydrogens (tertiary/aromatic N) is 4. The van der Waals surface area contributed by atoms with Crippen LogP contribution in [-0.4, -0.2) is 71.0 Å². The van der Waals surface area contributed by atoms with E-state index in [1.807, 2.05) is 20.8 Å². The van der Waals surface area contributed by atoms with Gasteiger partial charge in [0.15, 0.2) is 0 Å². The van der Waals surface area contributed by atoms with Crippen LogP contribution in [0.5, 0.6) is 5.75 Å². The van der Waals surface area contributed by atoms with Crippen molar-refractivity contribution < 1.29 is 27.8 Å². The smallest absolute Gasteiger partial charge is 0.404 e. The molecule has 1 aromatic carbocycles. The third kappa shape index (κ3) is 6.27. The second-order valence-corrected chi connectivity index (χ2v) is 10.2. The summed E-state index contributed by atoms with van der Waals surface area (Å²) in [4.78, 5) is 26.2. The number of ether oxygens (including phenoxy) is 1. The molecule has 1 amide bonds. The second-order valence-electron chi connectivity index (χ2n) is 9.81. The van der Waals surface area contributed by atoms with Crippen LogP contribution in [0.25, 0.3) is 0 Å². The quantitative estimate of drug-likeness (QED) is 0.547. The molecule has 4 rings (SSSR count). The minimum Gasteiger partial charge on any atom is -0.404 e. The van der Waals surface area contributed by atoms with E-state index in [2.05, 4.69) is 24.9 Å². The van der Waals surface area contributed by atoms with Crippen molar-refractivity contribution in [3.05, 3.63) is 46.4 Å². The van der Waals surface area contributed by atoms with E-state index in [4.69, 9.17) is 11.6 Å². The second kappa shape index (κ2) is 11.0. The van der Waals surface area contributed by atoms with Crippen LogP contribution in [-0.2, 0) is 4.79 Å². The molecular formula is C25H31ClF3N5O3. The lowest BCUT2D eigenvalue weighted by molar-refractivity contribution is -0.274. The summed E-state index contributed by atoms with van der Waals surface area (Å²) in [6, 6.07) is 4.13. The predicted octanol–water partition coefficient (Wildman–Crippen LogP) is 4.00. The maximum absolute atomic E-state index is 13.6. The number of hydrogen-bond acceptors (Lipinski definition) is 7. The van der Waals surface area contributed by atoms with Crippen molar-refractivity contribution in [3.63, 3.8) is 0 Å². The molecule has 8 nitrogen and oxygen atoms in total. The fourth-order valence-electron chi connectivity index (χ4n) is 4.95. The largest absolute Gasteiger partial charge is 0.573 e. The molecule has 1 saturated heterocycles. The summed E-state index contributed by atoms with van der Waals surface area (Å²) in [5, 5.41) is 13.3. The molecule has 0 saturated carbocycles. The lowest BCUT2D eigenvalue weighted by atomic mass is 9.96. The third-order valence-corrected chi connectivity index (χ3v) is 7.09. The van der Waals surface area contributed by atoms with Crippen molar-refractivity contribution in [2.24, 2.45) is 0 Å². The highest BCUT2D eigenvalue weighted by atomic mass is 35.5. The van der Waals surface area contributed by atoms with Gasteiger partial charge in [0.2, 0.25) is 5.91 Å². The summed E-state index contributed by atoms with van der Waals surface area (Å²) in [6.07, 6.45) is -3.44. The molecule has 0 spiro atoms. The standard InChI is InChI=1S/C25H31ClF3N5O3/c1-14(2)30-12-17(16-4-5-18(26)20(11-16)37-25(27,28)29)24(36)34-8-6-33(7-9-34)23-21-15(3)10-19(35)22(21)31-13-32-23/h4-5,11,13-15,17,19,30,35H,6-10,12H2,1-3H3/t15?,17-,19-/m1/s1. The number of aliphatic hydroxyl groups is 1. The molecule has 12 heteroatoms. The van der Waals surface area contributed by atoms with Gasteiger partial charge in [-0.1, -0.05) is 38.4 Å². The van der Waals surface area contributed by atoms with Crippen LogP contribution in [0.4, 0.5) is 19.0 Å². The lowest BCUT2D eigenvalue weighted by Crippen LogP contribution is -2.51. The number of nitrogens with one attached hydrogen (secondary N) is 1. The number of anilines is 1. The Kier molecular flexibility index (Phi) is 8.15. The van der Waals surface area contributed by atoms with Gasteiger partial charge in [-0.25, -0.2) is 9.97 Å². The van der Waals surface area contributed by atoms with Gasteiger partial charge in [0.1, 0.15) is 17.9 Å².